The van der Waals surface area contributed by atoms with E-state index in [1.807, 2.05) is 6.92 Å². The smallest absolute Gasteiger partial charge is 0.329 e. The highest BCUT2D eigenvalue weighted by molar-refractivity contribution is 5.74. The predicted molar refractivity (Wildman–Crippen MR) is 47.0 cm³/mol. The summed E-state index contributed by atoms with van der Waals surface area (Å²) in [7, 11) is 1.47. The van der Waals surface area contributed by atoms with Crippen molar-refractivity contribution in [3.63, 3.8) is 0 Å². The Hall–Kier alpha value is -0.940. The molecule has 1 unspecified atom stereocenters. The van der Waals surface area contributed by atoms with Gasteiger partial charge in [-0.3, -0.25) is 0 Å². The van der Waals surface area contributed by atoms with Crippen molar-refractivity contribution in [2.45, 2.75) is 32.5 Å². The Bertz CT molecular complexity index is 194. The van der Waals surface area contributed by atoms with E-state index in [9.17, 15) is 18.0 Å². The van der Waals surface area contributed by atoms with Crippen LogP contribution in [0, 0.1) is 0 Å². The second-order valence-corrected chi connectivity index (χ2v) is 3.14. The molecule has 6 heteroatoms. The molecular weight excluding hydrogens is 197 g/mol. The number of rotatable bonds is 3. The van der Waals surface area contributed by atoms with Gasteiger partial charge >= 0.3 is 12.2 Å². The van der Waals surface area contributed by atoms with Gasteiger partial charge in [0.1, 0.15) is 6.54 Å². The van der Waals surface area contributed by atoms with E-state index >= 15 is 0 Å². The maximum Gasteiger partial charge on any atom is 0.405 e. The lowest BCUT2D eigenvalue weighted by Gasteiger charge is -2.24. The van der Waals surface area contributed by atoms with Gasteiger partial charge < -0.3 is 10.2 Å². The van der Waals surface area contributed by atoms with Crippen LogP contribution >= 0.6 is 0 Å². The number of nitrogens with zero attached hydrogens (tertiary/aromatic N) is 1. The topological polar surface area (TPSA) is 32.3 Å². The fourth-order valence-corrected chi connectivity index (χ4v) is 0.775. The fourth-order valence-electron chi connectivity index (χ4n) is 0.775. The summed E-state index contributed by atoms with van der Waals surface area (Å²) in [6.45, 7) is 2.35. The minimum absolute atomic E-state index is 0.0665. The molecule has 0 saturated carbocycles. The molecule has 0 aliphatic rings. The van der Waals surface area contributed by atoms with E-state index in [4.69, 9.17) is 0 Å². The summed E-state index contributed by atoms with van der Waals surface area (Å²) in [5.41, 5.74) is 0. The van der Waals surface area contributed by atoms with E-state index in [0.717, 1.165) is 0 Å². The normalized spacial score (nSPS) is 13.6. The van der Waals surface area contributed by atoms with Crippen LogP contribution in [0.4, 0.5) is 18.0 Å². The minimum atomic E-state index is -4.36. The van der Waals surface area contributed by atoms with E-state index in [1.54, 1.807) is 12.2 Å². The van der Waals surface area contributed by atoms with Crippen LogP contribution in [0.25, 0.3) is 0 Å². The number of nitrogens with one attached hydrogen (secondary N) is 1. The first kappa shape index (κ1) is 13.1. The van der Waals surface area contributed by atoms with Crippen LogP contribution in [0.3, 0.4) is 0 Å². The van der Waals surface area contributed by atoms with Gasteiger partial charge in [0, 0.05) is 13.1 Å². The molecule has 0 spiro atoms. The third-order valence-electron chi connectivity index (χ3n) is 2.01. The number of halogens is 3. The van der Waals surface area contributed by atoms with Gasteiger partial charge in [-0.05, 0) is 13.3 Å². The SMILES string of the molecule is CCC(C)N(C)C(=O)NCC(F)(F)F. The Morgan fingerprint density at radius 1 is 1.50 bits per heavy atom. The summed E-state index contributed by atoms with van der Waals surface area (Å²) in [5.74, 6) is 0. The van der Waals surface area contributed by atoms with Gasteiger partial charge in [0.2, 0.25) is 0 Å². The highest BCUT2D eigenvalue weighted by Gasteiger charge is 2.28. The van der Waals surface area contributed by atoms with Crippen LogP contribution in [0.2, 0.25) is 0 Å². The Morgan fingerprint density at radius 2 is 2.00 bits per heavy atom. The number of hydrogen-bond acceptors (Lipinski definition) is 1. The van der Waals surface area contributed by atoms with Gasteiger partial charge in [0.25, 0.3) is 0 Å². The van der Waals surface area contributed by atoms with Gasteiger partial charge in [0.05, 0.1) is 0 Å². The molecule has 2 amide bonds. The van der Waals surface area contributed by atoms with Crippen LogP contribution in [-0.4, -0.2) is 36.7 Å². The Morgan fingerprint density at radius 3 is 2.36 bits per heavy atom. The highest BCUT2D eigenvalue weighted by atomic mass is 19.4. The molecule has 1 atom stereocenters. The monoisotopic (exact) mass is 212 g/mol. The van der Waals surface area contributed by atoms with Crippen LogP contribution in [0.1, 0.15) is 20.3 Å². The molecule has 0 heterocycles. The average Bonchev–Trinajstić information content (AvgIpc) is 2.10. The van der Waals surface area contributed by atoms with Crippen molar-refractivity contribution in [3.8, 4) is 0 Å². The van der Waals surface area contributed by atoms with Gasteiger partial charge in [-0.1, -0.05) is 6.92 Å². The molecule has 84 valence electrons. The summed E-state index contributed by atoms with van der Waals surface area (Å²) >= 11 is 0. The van der Waals surface area contributed by atoms with Crippen molar-refractivity contribution in [2.75, 3.05) is 13.6 Å². The molecule has 0 saturated heterocycles. The van der Waals surface area contributed by atoms with E-state index < -0.39 is 18.8 Å². The first-order valence-electron chi connectivity index (χ1n) is 4.35. The predicted octanol–water partition coefficient (Wildman–Crippen LogP) is 1.99. The number of alkyl halides is 3. The van der Waals surface area contributed by atoms with Crippen LogP contribution in [-0.2, 0) is 0 Å². The average molecular weight is 212 g/mol. The van der Waals surface area contributed by atoms with Gasteiger partial charge in [-0.15, -0.1) is 0 Å². The zero-order valence-electron chi connectivity index (χ0n) is 8.48. The molecule has 1 N–H and O–H groups in total. The van der Waals surface area contributed by atoms with Crippen molar-refractivity contribution in [2.24, 2.45) is 0 Å². The standard InChI is InChI=1S/C8H15F3N2O/c1-4-6(2)13(3)7(14)12-5-8(9,10)11/h6H,4-5H2,1-3H3,(H,12,14). The zero-order valence-corrected chi connectivity index (χ0v) is 8.48. The lowest BCUT2D eigenvalue weighted by atomic mass is 10.2. The Kier molecular flexibility index (Phi) is 4.73. The molecule has 0 fully saturated rings. The first-order chi connectivity index (χ1) is 6.28. The zero-order chi connectivity index (χ0) is 11.4. The Balaban J connectivity index is 3.97. The van der Waals surface area contributed by atoms with Crippen LogP contribution < -0.4 is 5.32 Å². The van der Waals surface area contributed by atoms with Crippen molar-refractivity contribution in [3.05, 3.63) is 0 Å². The van der Waals surface area contributed by atoms with Crippen molar-refractivity contribution >= 4 is 6.03 Å². The number of carbonyl (C=O) groups is 1. The lowest BCUT2D eigenvalue weighted by molar-refractivity contribution is -0.123. The summed E-state index contributed by atoms with van der Waals surface area (Å²) < 4.78 is 35.2. The van der Waals surface area contributed by atoms with Gasteiger partial charge in [-0.2, -0.15) is 13.2 Å². The molecule has 0 bridgehead atoms. The summed E-state index contributed by atoms with van der Waals surface area (Å²) in [4.78, 5) is 12.4. The molecule has 0 aromatic carbocycles. The van der Waals surface area contributed by atoms with E-state index in [2.05, 4.69) is 0 Å². The summed E-state index contributed by atoms with van der Waals surface area (Å²) in [6, 6.07) is -0.764. The number of carbonyl (C=O) groups excluding carboxylic acids is 1. The van der Waals surface area contributed by atoms with E-state index in [0.29, 0.717) is 6.42 Å². The fraction of sp³-hybridized carbons (Fsp3) is 0.875. The van der Waals surface area contributed by atoms with Crippen LogP contribution in [0.5, 0.6) is 0 Å². The molecule has 14 heavy (non-hydrogen) atoms. The molecule has 0 aromatic rings. The number of urea groups is 1. The number of amides is 2. The Labute approximate surface area is 81.3 Å². The molecule has 0 rings (SSSR count). The van der Waals surface area contributed by atoms with E-state index in [-0.39, 0.29) is 6.04 Å². The largest absolute Gasteiger partial charge is 0.405 e. The molecule has 0 aromatic heterocycles. The third-order valence-corrected chi connectivity index (χ3v) is 2.01. The highest BCUT2D eigenvalue weighted by Crippen LogP contribution is 2.12. The van der Waals surface area contributed by atoms with Crippen molar-refractivity contribution in [1.82, 2.24) is 10.2 Å². The summed E-state index contributed by atoms with van der Waals surface area (Å²) in [6.07, 6.45) is -3.65. The minimum Gasteiger partial charge on any atom is -0.329 e. The van der Waals surface area contributed by atoms with Crippen molar-refractivity contribution in [1.29, 1.82) is 0 Å². The van der Waals surface area contributed by atoms with E-state index in [1.165, 1.54) is 11.9 Å². The van der Waals surface area contributed by atoms with Crippen molar-refractivity contribution < 1.29 is 18.0 Å². The van der Waals surface area contributed by atoms with Gasteiger partial charge in [0.15, 0.2) is 0 Å². The second kappa shape index (κ2) is 5.07. The molecule has 0 radical (unpaired) electrons. The maximum absolute atomic E-state index is 11.7. The number of hydrogen-bond donors (Lipinski definition) is 1. The maximum atomic E-state index is 11.7. The quantitative estimate of drug-likeness (QED) is 0.762. The molecule has 0 aliphatic carbocycles. The molecule has 0 aliphatic heterocycles. The van der Waals surface area contributed by atoms with Gasteiger partial charge in [-0.25, -0.2) is 4.79 Å². The lowest BCUT2D eigenvalue weighted by Crippen LogP contribution is -2.45. The first-order valence-corrected chi connectivity index (χ1v) is 4.35. The third kappa shape index (κ3) is 4.94. The summed E-state index contributed by atoms with van der Waals surface area (Å²) in [5, 5.41) is 1.80. The van der Waals surface area contributed by atoms with Crippen LogP contribution in [0.15, 0.2) is 0 Å². The second-order valence-electron chi connectivity index (χ2n) is 3.14. The molecule has 3 nitrogen and oxygen atoms in total. The molecular formula is C8H15F3N2O.